The van der Waals surface area contributed by atoms with Crippen molar-refractivity contribution in [1.82, 2.24) is 4.90 Å². The van der Waals surface area contributed by atoms with Crippen molar-refractivity contribution in [3.63, 3.8) is 0 Å². The first kappa shape index (κ1) is 12.0. The molecule has 1 heterocycles. The van der Waals surface area contributed by atoms with Crippen LogP contribution in [0, 0.1) is 4.91 Å². The fourth-order valence-corrected chi connectivity index (χ4v) is 2.88. The van der Waals surface area contributed by atoms with E-state index in [4.69, 9.17) is 0 Å². The monoisotopic (exact) mass is 216 g/mol. The maximum Gasteiger partial charge on any atom is 0.0443 e. The predicted molar refractivity (Wildman–Crippen MR) is 62.3 cm³/mol. The van der Waals surface area contributed by atoms with Crippen LogP contribution in [0.3, 0.4) is 0 Å². The lowest BCUT2D eigenvalue weighted by atomic mass is 10.0. The molecule has 0 saturated carbocycles. The second kappa shape index (κ2) is 4.62. The Balaban J connectivity index is 2.62. The summed E-state index contributed by atoms with van der Waals surface area (Å²) in [5.41, 5.74) is 0.207. The Morgan fingerprint density at radius 3 is 2.50 bits per heavy atom. The molecule has 0 bridgehead atoms. The van der Waals surface area contributed by atoms with Gasteiger partial charge < -0.3 is 0 Å². The van der Waals surface area contributed by atoms with E-state index in [1.165, 1.54) is 11.9 Å². The molecule has 0 radical (unpaired) electrons. The Hall–Kier alpha value is -0.0900. The zero-order valence-electron chi connectivity index (χ0n) is 9.49. The molecule has 82 valence electrons. The van der Waals surface area contributed by atoms with Crippen molar-refractivity contribution in [3.05, 3.63) is 4.91 Å². The lowest BCUT2D eigenvalue weighted by molar-refractivity contribution is 0.119. The van der Waals surface area contributed by atoms with Gasteiger partial charge in [0.2, 0.25) is 0 Å². The van der Waals surface area contributed by atoms with Crippen molar-refractivity contribution in [2.75, 3.05) is 6.54 Å². The zero-order chi connectivity index (χ0) is 10.8. The maximum absolute atomic E-state index is 10.2. The zero-order valence-corrected chi connectivity index (χ0v) is 10.3. The summed E-state index contributed by atoms with van der Waals surface area (Å²) in [4.78, 5) is 12.7. The number of hydrogen-bond acceptors (Lipinski definition) is 4. The summed E-state index contributed by atoms with van der Waals surface area (Å²) in [6, 6.07) is 0.620. The number of likely N-dealkylation sites (tertiary alicyclic amines) is 1. The van der Waals surface area contributed by atoms with E-state index in [-0.39, 0.29) is 5.54 Å². The highest BCUT2D eigenvalue weighted by molar-refractivity contribution is 7.98. The molecule has 3 nitrogen and oxygen atoms in total. The van der Waals surface area contributed by atoms with Crippen LogP contribution < -0.4 is 0 Å². The van der Waals surface area contributed by atoms with Crippen molar-refractivity contribution in [2.45, 2.75) is 57.4 Å². The van der Waals surface area contributed by atoms with Gasteiger partial charge in [-0.1, -0.05) is 6.92 Å². The molecule has 1 aliphatic rings. The smallest absolute Gasteiger partial charge is 0.0443 e. The first-order chi connectivity index (χ1) is 6.49. The van der Waals surface area contributed by atoms with Gasteiger partial charge in [0.05, 0.1) is 0 Å². The number of rotatable bonds is 3. The highest BCUT2D eigenvalue weighted by Gasteiger charge is 2.37. The highest BCUT2D eigenvalue weighted by atomic mass is 32.2. The van der Waals surface area contributed by atoms with E-state index in [2.05, 4.69) is 37.2 Å². The topological polar surface area (TPSA) is 32.7 Å². The van der Waals surface area contributed by atoms with Gasteiger partial charge in [-0.2, -0.15) is 0 Å². The minimum Gasteiger partial charge on any atom is -0.294 e. The second-order valence-corrected chi connectivity index (χ2v) is 5.95. The normalized spacial score (nSPS) is 29.4. The lowest BCUT2D eigenvalue weighted by Gasteiger charge is -2.36. The summed E-state index contributed by atoms with van der Waals surface area (Å²) in [6.07, 6.45) is 2.26. The highest BCUT2D eigenvalue weighted by Crippen LogP contribution is 2.34. The molecule has 0 aliphatic carbocycles. The third-order valence-corrected chi connectivity index (χ3v) is 3.63. The van der Waals surface area contributed by atoms with Crippen LogP contribution in [0.25, 0.3) is 0 Å². The number of nitroso groups, excluding NO2 is 1. The van der Waals surface area contributed by atoms with Gasteiger partial charge in [-0.15, -0.1) is 4.91 Å². The summed E-state index contributed by atoms with van der Waals surface area (Å²) in [7, 11) is 0. The van der Waals surface area contributed by atoms with E-state index < -0.39 is 0 Å². The average Bonchev–Trinajstić information content (AvgIpc) is 2.47. The third kappa shape index (κ3) is 2.70. The third-order valence-electron chi connectivity index (χ3n) is 2.90. The van der Waals surface area contributed by atoms with Gasteiger partial charge in [0.1, 0.15) is 0 Å². The largest absolute Gasteiger partial charge is 0.294 e. The number of nitrogens with zero attached hydrogens (tertiary/aromatic N) is 2. The molecule has 0 aromatic rings. The quantitative estimate of drug-likeness (QED) is 0.537. The standard InChI is InChI=1S/C10H20N2OS/c1-5-8-6-9(14-11-13)7-12(8)10(2,3)4/h8-9H,5-7H2,1-4H3/t8-,9-/m0/s1. The van der Waals surface area contributed by atoms with E-state index in [9.17, 15) is 4.91 Å². The van der Waals surface area contributed by atoms with E-state index in [1.807, 2.05) is 0 Å². The fourth-order valence-electron chi connectivity index (χ4n) is 2.22. The van der Waals surface area contributed by atoms with Crippen LogP contribution in [0.15, 0.2) is 4.58 Å². The lowest BCUT2D eigenvalue weighted by Crippen LogP contribution is -2.44. The molecular weight excluding hydrogens is 196 g/mol. The Morgan fingerprint density at radius 2 is 2.14 bits per heavy atom. The van der Waals surface area contributed by atoms with Crippen LogP contribution in [0.5, 0.6) is 0 Å². The molecule has 14 heavy (non-hydrogen) atoms. The van der Waals surface area contributed by atoms with Gasteiger partial charge in [0, 0.05) is 39.9 Å². The van der Waals surface area contributed by atoms with E-state index >= 15 is 0 Å². The molecule has 1 aliphatic heterocycles. The van der Waals surface area contributed by atoms with Crippen molar-refractivity contribution < 1.29 is 0 Å². The van der Waals surface area contributed by atoms with Crippen LogP contribution >= 0.6 is 11.9 Å². The van der Waals surface area contributed by atoms with Crippen LogP contribution in [-0.2, 0) is 0 Å². The summed E-state index contributed by atoms with van der Waals surface area (Å²) < 4.78 is 2.94. The molecule has 2 atom stereocenters. The van der Waals surface area contributed by atoms with Crippen LogP contribution in [0.1, 0.15) is 40.5 Å². The van der Waals surface area contributed by atoms with Gasteiger partial charge in [0.25, 0.3) is 0 Å². The van der Waals surface area contributed by atoms with E-state index in [1.54, 1.807) is 0 Å². The SMILES string of the molecule is CC[C@H]1C[C@H](SN=O)CN1C(C)(C)C. The van der Waals surface area contributed by atoms with Crippen molar-refractivity contribution >= 4 is 11.9 Å². The average molecular weight is 216 g/mol. The molecule has 0 N–H and O–H groups in total. The fraction of sp³-hybridized carbons (Fsp3) is 1.00. The molecule has 0 aromatic carbocycles. The Morgan fingerprint density at radius 1 is 1.50 bits per heavy atom. The van der Waals surface area contributed by atoms with Gasteiger partial charge in [-0.3, -0.25) is 4.90 Å². The van der Waals surface area contributed by atoms with Gasteiger partial charge in [-0.25, -0.2) is 0 Å². The summed E-state index contributed by atoms with van der Waals surface area (Å²) in [6.45, 7) is 9.91. The summed E-state index contributed by atoms with van der Waals surface area (Å²) >= 11 is 1.21. The molecule has 0 amide bonds. The van der Waals surface area contributed by atoms with Crippen LogP contribution in [0.4, 0.5) is 0 Å². The Bertz CT molecular complexity index is 203. The maximum atomic E-state index is 10.2. The minimum atomic E-state index is 0.207. The molecule has 1 rings (SSSR count). The molecule has 0 unspecified atom stereocenters. The summed E-state index contributed by atoms with van der Waals surface area (Å²) in [5, 5.41) is 0.400. The van der Waals surface area contributed by atoms with Gasteiger partial charge >= 0.3 is 0 Å². The van der Waals surface area contributed by atoms with E-state index in [0.29, 0.717) is 11.3 Å². The first-order valence-electron chi connectivity index (χ1n) is 5.24. The Labute approximate surface area is 90.7 Å². The molecule has 1 saturated heterocycles. The molecule has 0 aromatic heterocycles. The molecule has 4 heteroatoms. The number of hydrogen-bond donors (Lipinski definition) is 0. The predicted octanol–water partition coefficient (Wildman–Crippen LogP) is 3.05. The van der Waals surface area contributed by atoms with E-state index in [0.717, 1.165) is 19.4 Å². The second-order valence-electron chi connectivity index (χ2n) is 4.92. The summed E-state index contributed by atoms with van der Waals surface area (Å²) in [5.74, 6) is 0. The van der Waals surface area contributed by atoms with Crippen LogP contribution in [-0.4, -0.2) is 28.3 Å². The Kier molecular flexibility index (Phi) is 3.95. The minimum absolute atomic E-state index is 0.207. The first-order valence-corrected chi connectivity index (χ1v) is 6.08. The molecular formula is C10H20N2OS. The van der Waals surface area contributed by atoms with Crippen molar-refractivity contribution in [2.24, 2.45) is 4.58 Å². The molecule has 1 fully saturated rings. The van der Waals surface area contributed by atoms with Crippen molar-refractivity contribution in [1.29, 1.82) is 0 Å². The van der Waals surface area contributed by atoms with Crippen molar-refractivity contribution in [3.8, 4) is 0 Å². The van der Waals surface area contributed by atoms with Crippen LogP contribution in [0.2, 0.25) is 0 Å². The van der Waals surface area contributed by atoms with Gasteiger partial charge in [-0.05, 0) is 33.6 Å². The molecule has 0 spiro atoms. The van der Waals surface area contributed by atoms with Gasteiger partial charge in [0.15, 0.2) is 0 Å².